The zero-order valence-electron chi connectivity index (χ0n) is 16.7. The van der Waals surface area contributed by atoms with Crippen LogP contribution in [0.3, 0.4) is 0 Å². The summed E-state index contributed by atoms with van der Waals surface area (Å²) in [7, 11) is 3.18. The van der Waals surface area contributed by atoms with E-state index in [1.807, 2.05) is 35.2 Å². The highest BCUT2D eigenvalue weighted by Crippen LogP contribution is 2.28. The first-order valence-corrected chi connectivity index (χ1v) is 9.49. The van der Waals surface area contributed by atoms with E-state index in [1.54, 1.807) is 26.6 Å². The van der Waals surface area contributed by atoms with Gasteiger partial charge in [-0.05, 0) is 29.3 Å². The first-order chi connectivity index (χ1) is 14.1. The first-order valence-electron chi connectivity index (χ1n) is 9.49. The molecule has 0 bridgehead atoms. The predicted molar refractivity (Wildman–Crippen MR) is 107 cm³/mol. The molecule has 1 aromatic heterocycles. The molecule has 8 heteroatoms. The van der Waals surface area contributed by atoms with Crippen LogP contribution in [0.15, 0.2) is 42.7 Å². The van der Waals surface area contributed by atoms with Gasteiger partial charge in [-0.3, -0.25) is 19.5 Å². The van der Waals surface area contributed by atoms with E-state index >= 15 is 0 Å². The molecule has 8 nitrogen and oxygen atoms in total. The van der Waals surface area contributed by atoms with Gasteiger partial charge >= 0.3 is 0 Å². The lowest BCUT2D eigenvalue weighted by Crippen LogP contribution is -2.56. The number of benzene rings is 1. The number of nitrogens with zero attached hydrogens (tertiary/aromatic N) is 2. The highest BCUT2D eigenvalue weighted by atomic mass is 16.5. The molecular formula is C21H26N4O4. The van der Waals surface area contributed by atoms with Crippen LogP contribution in [0.5, 0.6) is 11.5 Å². The molecule has 1 aromatic carbocycles. The summed E-state index contributed by atoms with van der Waals surface area (Å²) in [6, 6.07) is 8.86. The Labute approximate surface area is 170 Å². The highest BCUT2D eigenvalue weighted by Gasteiger charge is 2.31. The van der Waals surface area contributed by atoms with Crippen molar-refractivity contribution in [3.8, 4) is 11.5 Å². The van der Waals surface area contributed by atoms with Gasteiger partial charge in [0.15, 0.2) is 11.5 Å². The monoisotopic (exact) mass is 398 g/mol. The summed E-state index contributed by atoms with van der Waals surface area (Å²) in [5, 5.41) is 5.71. The Balaban J connectivity index is 1.64. The molecule has 1 aliphatic heterocycles. The lowest BCUT2D eigenvalue weighted by Gasteiger charge is -2.34. The number of carbonyl (C=O) groups is 2. The van der Waals surface area contributed by atoms with Crippen molar-refractivity contribution in [2.45, 2.75) is 25.6 Å². The number of aromatic nitrogens is 1. The van der Waals surface area contributed by atoms with Crippen LogP contribution in [0.1, 0.15) is 17.5 Å². The Hall–Kier alpha value is -3.13. The molecule has 2 aromatic rings. The number of hydrogen-bond donors (Lipinski definition) is 2. The van der Waals surface area contributed by atoms with Gasteiger partial charge in [-0.15, -0.1) is 0 Å². The molecule has 0 spiro atoms. The van der Waals surface area contributed by atoms with Crippen molar-refractivity contribution in [1.29, 1.82) is 0 Å². The highest BCUT2D eigenvalue weighted by molar-refractivity contribution is 5.88. The summed E-state index contributed by atoms with van der Waals surface area (Å²) in [4.78, 5) is 30.9. The quantitative estimate of drug-likeness (QED) is 0.692. The van der Waals surface area contributed by atoms with Gasteiger partial charge in [0.2, 0.25) is 11.8 Å². The fourth-order valence-corrected chi connectivity index (χ4v) is 3.34. The Morgan fingerprint density at radius 2 is 2.07 bits per heavy atom. The summed E-state index contributed by atoms with van der Waals surface area (Å²) < 4.78 is 10.6. The molecular weight excluding hydrogens is 372 g/mol. The van der Waals surface area contributed by atoms with E-state index in [0.717, 1.165) is 11.1 Å². The third-order valence-corrected chi connectivity index (χ3v) is 4.87. The molecule has 29 heavy (non-hydrogen) atoms. The molecule has 0 radical (unpaired) electrons. The maximum absolute atomic E-state index is 12.4. The Morgan fingerprint density at radius 3 is 2.79 bits per heavy atom. The third-order valence-electron chi connectivity index (χ3n) is 4.87. The van der Waals surface area contributed by atoms with E-state index in [4.69, 9.17) is 9.47 Å². The van der Waals surface area contributed by atoms with Crippen molar-refractivity contribution in [2.75, 3.05) is 27.3 Å². The van der Waals surface area contributed by atoms with Gasteiger partial charge in [-0.2, -0.15) is 0 Å². The molecule has 1 atom stereocenters. The number of methoxy groups -OCH3 is 2. The van der Waals surface area contributed by atoms with Crippen LogP contribution >= 0.6 is 0 Å². The fraction of sp³-hybridized carbons (Fsp3) is 0.381. The maximum atomic E-state index is 12.4. The molecule has 2 amide bonds. The van der Waals surface area contributed by atoms with E-state index in [9.17, 15) is 9.59 Å². The molecule has 0 aliphatic carbocycles. The van der Waals surface area contributed by atoms with Crippen molar-refractivity contribution in [3.05, 3.63) is 53.9 Å². The zero-order chi connectivity index (χ0) is 20.6. The number of pyridine rings is 1. The lowest BCUT2D eigenvalue weighted by atomic mass is 10.1. The Bertz CT molecular complexity index is 844. The minimum atomic E-state index is -0.522. The second-order valence-corrected chi connectivity index (χ2v) is 6.81. The molecule has 1 saturated heterocycles. The number of nitrogens with one attached hydrogen (secondary N) is 2. The van der Waals surface area contributed by atoms with Crippen molar-refractivity contribution in [1.82, 2.24) is 20.5 Å². The summed E-state index contributed by atoms with van der Waals surface area (Å²) in [5.41, 5.74) is 1.90. The topological polar surface area (TPSA) is 92.8 Å². The third kappa shape index (κ3) is 5.45. The largest absolute Gasteiger partial charge is 0.493 e. The van der Waals surface area contributed by atoms with E-state index in [0.29, 0.717) is 37.7 Å². The molecule has 0 unspecified atom stereocenters. The normalized spacial score (nSPS) is 16.8. The average molecular weight is 398 g/mol. The number of amides is 2. The van der Waals surface area contributed by atoms with Crippen LogP contribution in [0, 0.1) is 0 Å². The summed E-state index contributed by atoms with van der Waals surface area (Å²) in [5.74, 6) is 0.984. The van der Waals surface area contributed by atoms with E-state index in [1.165, 1.54) is 0 Å². The van der Waals surface area contributed by atoms with Crippen LogP contribution in [-0.4, -0.2) is 55.0 Å². The van der Waals surface area contributed by atoms with Crippen molar-refractivity contribution < 1.29 is 19.1 Å². The second kappa shape index (κ2) is 9.88. The number of carbonyl (C=O) groups excluding carboxylic acids is 2. The molecule has 1 fully saturated rings. The number of rotatable bonds is 8. The molecule has 3 rings (SSSR count). The van der Waals surface area contributed by atoms with Crippen LogP contribution in [0.25, 0.3) is 0 Å². The fourth-order valence-electron chi connectivity index (χ4n) is 3.34. The number of hydrogen-bond acceptors (Lipinski definition) is 6. The van der Waals surface area contributed by atoms with Gasteiger partial charge in [0.25, 0.3) is 0 Å². The summed E-state index contributed by atoms with van der Waals surface area (Å²) in [6.07, 6.45) is 3.49. The molecule has 2 heterocycles. The zero-order valence-corrected chi connectivity index (χ0v) is 16.7. The maximum Gasteiger partial charge on any atom is 0.237 e. The van der Waals surface area contributed by atoms with Gasteiger partial charge in [-0.25, -0.2) is 0 Å². The molecule has 154 valence electrons. The smallest absolute Gasteiger partial charge is 0.237 e. The molecule has 0 saturated carbocycles. The van der Waals surface area contributed by atoms with E-state index in [-0.39, 0.29) is 18.2 Å². The van der Waals surface area contributed by atoms with Crippen molar-refractivity contribution in [3.63, 3.8) is 0 Å². The summed E-state index contributed by atoms with van der Waals surface area (Å²) >= 11 is 0. The second-order valence-electron chi connectivity index (χ2n) is 6.81. The van der Waals surface area contributed by atoms with Gasteiger partial charge < -0.3 is 20.1 Å². The van der Waals surface area contributed by atoms with E-state index < -0.39 is 6.04 Å². The van der Waals surface area contributed by atoms with Gasteiger partial charge in [0.05, 0.1) is 26.7 Å². The SMILES string of the molecule is COc1ccc(CN2CCNC(=O)[C@@H]2CC(=O)NCc2cccnc2)cc1OC. The predicted octanol–water partition coefficient (Wildman–Crippen LogP) is 1.11. The minimum Gasteiger partial charge on any atom is -0.493 e. The van der Waals surface area contributed by atoms with E-state index in [2.05, 4.69) is 15.6 Å². The Morgan fingerprint density at radius 1 is 1.24 bits per heavy atom. The lowest BCUT2D eigenvalue weighted by molar-refractivity contribution is -0.134. The molecule has 1 aliphatic rings. The number of ether oxygens (including phenoxy) is 2. The van der Waals surface area contributed by atoms with Gasteiger partial charge in [0.1, 0.15) is 0 Å². The first kappa shape index (κ1) is 20.6. The van der Waals surface area contributed by atoms with Crippen LogP contribution in [0.4, 0.5) is 0 Å². The van der Waals surface area contributed by atoms with Crippen LogP contribution < -0.4 is 20.1 Å². The average Bonchev–Trinajstić information content (AvgIpc) is 2.75. The van der Waals surface area contributed by atoms with Crippen molar-refractivity contribution >= 4 is 11.8 Å². The number of piperazine rings is 1. The minimum absolute atomic E-state index is 0.0966. The van der Waals surface area contributed by atoms with Crippen LogP contribution in [-0.2, 0) is 22.7 Å². The Kier molecular flexibility index (Phi) is 7.02. The van der Waals surface area contributed by atoms with Crippen LogP contribution in [0.2, 0.25) is 0 Å². The standard InChI is InChI=1S/C21H26N4O4/c1-28-18-6-5-15(10-19(18)29-2)14-25-9-8-23-21(27)17(25)11-20(26)24-13-16-4-3-7-22-12-16/h3-7,10,12,17H,8-9,11,13-14H2,1-2H3,(H,23,27)(H,24,26)/t17-/m0/s1. The van der Waals surface area contributed by atoms with Crippen molar-refractivity contribution in [2.24, 2.45) is 0 Å². The van der Waals surface area contributed by atoms with Gasteiger partial charge in [0, 0.05) is 38.6 Å². The van der Waals surface area contributed by atoms with Gasteiger partial charge in [-0.1, -0.05) is 12.1 Å². The summed E-state index contributed by atoms with van der Waals surface area (Å²) in [6.45, 7) is 2.14. The molecule has 2 N–H and O–H groups in total.